The van der Waals surface area contributed by atoms with Crippen molar-refractivity contribution in [3.63, 3.8) is 0 Å². The molecule has 0 aliphatic carbocycles. The van der Waals surface area contributed by atoms with E-state index in [1.165, 1.54) is 22.3 Å². The molecule has 1 heterocycles. The van der Waals surface area contributed by atoms with Crippen molar-refractivity contribution in [2.45, 2.75) is 26.0 Å². The van der Waals surface area contributed by atoms with Gasteiger partial charge >= 0.3 is 0 Å². The number of hydrogen-bond acceptors (Lipinski definition) is 2. The van der Waals surface area contributed by atoms with Gasteiger partial charge in [0, 0.05) is 11.6 Å². The Morgan fingerprint density at radius 1 is 1.10 bits per heavy atom. The highest BCUT2D eigenvalue weighted by Crippen LogP contribution is 2.20. The molecule has 2 nitrogen and oxygen atoms in total. The van der Waals surface area contributed by atoms with Crippen LogP contribution in [0.4, 0.5) is 0 Å². The molecule has 0 bridgehead atoms. The molecule has 0 amide bonds. The molecular weight excluding hydrogens is 282 g/mol. The summed E-state index contributed by atoms with van der Waals surface area (Å²) < 4.78 is 5.58. The Labute approximate surface area is 131 Å². The van der Waals surface area contributed by atoms with E-state index in [4.69, 9.17) is 16.3 Å². The van der Waals surface area contributed by atoms with E-state index >= 15 is 0 Å². The summed E-state index contributed by atoms with van der Waals surface area (Å²) in [5, 5.41) is 4.32. The van der Waals surface area contributed by atoms with Gasteiger partial charge in [0.1, 0.15) is 0 Å². The van der Waals surface area contributed by atoms with Crippen molar-refractivity contribution < 1.29 is 4.74 Å². The van der Waals surface area contributed by atoms with E-state index in [-0.39, 0.29) is 0 Å². The van der Waals surface area contributed by atoms with Gasteiger partial charge in [-0.3, -0.25) is 0 Å². The van der Waals surface area contributed by atoms with Crippen LogP contribution in [0.1, 0.15) is 22.3 Å². The van der Waals surface area contributed by atoms with E-state index < -0.39 is 0 Å². The minimum atomic E-state index is 0.754. The van der Waals surface area contributed by atoms with E-state index in [1.54, 1.807) is 0 Å². The van der Waals surface area contributed by atoms with Crippen LogP contribution in [0, 0.1) is 0 Å². The summed E-state index contributed by atoms with van der Waals surface area (Å²) in [6, 6.07) is 14.6. The fourth-order valence-corrected chi connectivity index (χ4v) is 2.86. The molecule has 3 heteroatoms. The van der Waals surface area contributed by atoms with Crippen molar-refractivity contribution in [2.75, 3.05) is 13.2 Å². The predicted molar refractivity (Wildman–Crippen MR) is 86.7 cm³/mol. The Balaban J connectivity index is 1.53. The van der Waals surface area contributed by atoms with Crippen molar-refractivity contribution in [3.05, 3.63) is 69.7 Å². The zero-order chi connectivity index (χ0) is 14.5. The second-order valence-corrected chi connectivity index (χ2v) is 5.85. The van der Waals surface area contributed by atoms with Crippen molar-refractivity contribution in [3.8, 4) is 0 Å². The fraction of sp³-hybridized carbons (Fsp3) is 0.333. The Morgan fingerprint density at radius 3 is 2.81 bits per heavy atom. The van der Waals surface area contributed by atoms with Crippen LogP contribution in [0.2, 0.25) is 5.02 Å². The molecule has 0 unspecified atom stereocenters. The molecule has 0 atom stereocenters. The first-order chi connectivity index (χ1) is 10.3. The van der Waals surface area contributed by atoms with Gasteiger partial charge in [-0.15, -0.1) is 0 Å². The van der Waals surface area contributed by atoms with Crippen LogP contribution in [0.5, 0.6) is 0 Å². The number of hydrogen-bond donors (Lipinski definition) is 1. The summed E-state index contributed by atoms with van der Waals surface area (Å²) in [6.45, 7) is 3.47. The number of nitrogens with one attached hydrogen (secondary N) is 1. The van der Waals surface area contributed by atoms with Crippen molar-refractivity contribution in [1.82, 2.24) is 5.32 Å². The third kappa shape index (κ3) is 3.85. The maximum atomic E-state index is 5.89. The molecule has 110 valence electrons. The van der Waals surface area contributed by atoms with Crippen LogP contribution >= 0.6 is 11.6 Å². The van der Waals surface area contributed by atoms with Crippen molar-refractivity contribution >= 4 is 11.6 Å². The first kappa shape index (κ1) is 14.6. The molecule has 3 rings (SSSR count). The van der Waals surface area contributed by atoms with Gasteiger partial charge in [-0.2, -0.15) is 0 Å². The molecule has 2 aromatic rings. The maximum absolute atomic E-state index is 5.89. The van der Waals surface area contributed by atoms with Crippen LogP contribution in [0.3, 0.4) is 0 Å². The summed E-state index contributed by atoms with van der Waals surface area (Å²) >= 11 is 5.89. The predicted octanol–water partition coefficient (Wildman–Crippen LogP) is 3.75. The minimum absolute atomic E-state index is 0.754. The summed E-state index contributed by atoms with van der Waals surface area (Å²) in [7, 11) is 0. The first-order valence-corrected chi connectivity index (χ1v) is 7.83. The van der Waals surface area contributed by atoms with Crippen LogP contribution in [0.25, 0.3) is 0 Å². The van der Waals surface area contributed by atoms with E-state index in [0.717, 1.165) is 44.2 Å². The van der Waals surface area contributed by atoms with Gasteiger partial charge in [0.25, 0.3) is 0 Å². The average molecular weight is 302 g/mol. The number of halogens is 1. The number of rotatable bonds is 5. The van der Waals surface area contributed by atoms with Gasteiger partial charge in [0.15, 0.2) is 0 Å². The van der Waals surface area contributed by atoms with Crippen molar-refractivity contribution in [1.29, 1.82) is 0 Å². The minimum Gasteiger partial charge on any atom is -0.376 e. The van der Waals surface area contributed by atoms with E-state index in [1.807, 2.05) is 12.1 Å². The quantitative estimate of drug-likeness (QED) is 0.849. The molecule has 0 aromatic heterocycles. The molecule has 1 N–H and O–H groups in total. The largest absolute Gasteiger partial charge is 0.376 e. The lowest BCUT2D eigenvalue weighted by atomic mass is 9.98. The lowest BCUT2D eigenvalue weighted by Crippen LogP contribution is -2.20. The van der Waals surface area contributed by atoms with E-state index in [2.05, 4.69) is 35.6 Å². The lowest BCUT2D eigenvalue weighted by Gasteiger charge is -2.20. The smallest absolute Gasteiger partial charge is 0.0722 e. The summed E-state index contributed by atoms with van der Waals surface area (Å²) in [5.74, 6) is 0. The number of ether oxygens (including phenoxy) is 1. The molecule has 0 spiro atoms. The lowest BCUT2D eigenvalue weighted by molar-refractivity contribution is 0.110. The zero-order valence-electron chi connectivity index (χ0n) is 12.1. The second-order valence-electron chi connectivity index (χ2n) is 5.41. The van der Waals surface area contributed by atoms with Gasteiger partial charge in [-0.1, -0.05) is 41.9 Å². The Hall–Kier alpha value is -1.35. The molecule has 21 heavy (non-hydrogen) atoms. The summed E-state index contributed by atoms with van der Waals surface area (Å²) in [5.41, 5.74) is 5.50. The average Bonchev–Trinajstić information content (AvgIpc) is 2.53. The highest BCUT2D eigenvalue weighted by atomic mass is 35.5. The normalized spacial score (nSPS) is 14.0. The fourth-order valence-electron chi connectivity index (χ4n) is 2.74. The number of benzene rings is 2. The number of fused-ring (bicyclic) bond motifs is 1. The molecule has 0 radical (unpaired) electrons. The topological polar surface area (TPSA) is 21.3 Å². The zero-order valence-corrected chi connectivity index (χ0v) is 12.8. The molecule has 0 fully saturated rings. The SMILES string of the molecule is Clc1ccc(CCNCc2cccc3c2COCC3)cc1. The van der Waals surface area contributed by atoms with Gasteiger partial charge in [0.05, 0.1) is 13.2 Å². The molecule has 0 saturated heterocycles. The molecule has 1 aliphatic rings. The third-order valence-corrected chi connectivity index (χ3v) is 4.20. The van der Waals surface area contributed by atoms with Gasteiger partial charge < -0.3 is 10.1 Å². The van der Waals surface area contributed by atoms with Crippen molar-refractivity contribution in [2.24, 2.45) is 0 Å². The molecule has 1 aliphatic heterocycles. The molecule has 2 aromatic carbocycles. The van der Waals surface area contributed by atoms with Crippen LogP contribution < -0.4 is 5.32 Å². The van der Waals surface area contributed by atoms with Crippen LogP contribution in [-0.2, 0) is 30.7 Å². The van der Waals surface area contributed by atoms with Crippen LogP contribution in [0.15, 0.2) is 42.5 Å². The van der Waals surface area contributed by atoms with Crippen LogP contribution in [-0.4, -0.2) is 13.2 Å². The second kappa shape index (κ2) is 7.08. The summed E-state index contributed by atoms with van der Waals surface area (Å²) in [6.07, 6.45) is 2.05. The van der Waals surface area contributed by atoms with Gasteiger partial charge in [-0.05, 0) is 53.8 Å². The summed E-state index contributed by atoms with van der Waals surface area (Å²) in [4.78, 5) is 0. The Bertz CT molecular complexity index is 595. The molecule has 0 saturated carbocycles. The van der Waals surface area contributed by atoms with E-state index in [0.29, 0.717) is 0 Å². The standard InChI is InChI=1S/C18H20ClNO/c19-17-6-4-14(5-7-17)8-10-20-12-16-3-1-2-15-9-11-21-13-18(15)16/h1-7,20H,8-13H2. The monoisotopic (exact) mass is 301 g/mol. The Morgan fingerprint density at radius 2 is 1.95 bits per heavy atom. The highest BCUT2D eigenvalue weighted by molar-refractivity contribution is 6.30. The van der Waals surface area contributed by atoms with E-state index in [9.17, 15) is 0 Å². The first-order valence-electron chi connectivity index (χ1n) is 7.45. The Kier molecular flexibility index (Phi) is 4.91. The molecular formula is C18H20ClNO. The highest BCUT2D eigenvalue weighted by Gasteiger charge is 2.12. The maximum Gasteiger partial charge on any atom is 0.0722 e. The third-order valence-electron chi connectivity index (χ3n) is 3.95. The van der Waals surface area contributed by atoms with Gasteiger partial charge in [-0.25, -0.2) is 0 Å². The van der Waals surface area contributed by atoms with Gasteiger partial charge in [0.2, 0.25) is 0 Å².